The lowest BCUT2D eigenvalue weighted by atomic mass is 10.1. The number of hydrogen-bond donors (Lipinski definition) is 3. The first-order valence-electron chi connectivity index (χ1n) is 9.63. The van der Waals surface area contributed by atoms with E-state index in [1.54, 1.807) is 18.3 Å². The van der Waals surface area contributed by atoms with Crippen molar-refractivity contribution in [3.8, 4) is 0 Å². The number of amides is 1. The average Bonchev–Trinajstić information content (AvgIpc) is 3.09. The highest BCUT2D eigenvalue weighted by molar-refractivity contribution is 9.10. The van der Waals surface area contributed by atoms with Gasteiger partial charge in [0.05, 0.1) is 11.1 Å². The van der Waals surface area contributed by atoms with Crippen LogP contribution in [-0.2, 0) is 10.0 Å². The molecule has 7 nitrogen and oxygen atoms in total. The van der Waals surface area contributed by atoms with Gasteiger partial charge in [0.15, 0.2) is 0 Å². The molecule has 3 N–H and O–H groups in total. The van der Waals surface area contributed by atoms with Crippen LogP contribution in [-0.4, -0.2) is 25.5 Å². The quantitative estimate of drug-likeness (QED) is 0.256. The van der Waals surface area contributed by atoms with Gasteiger partial charge in [0, 0.05) is 37.9 Å². The van der Waals surface area contributed by atoms with Crippen molar-refractivity contribution in [3.05, 3.63) is 94.1 Å². The summed E-state index contributed by atoms with van der Waals surface area (Å²) in [7, 11) is -3.72. The number of nitrogens with zero attached hydrogens (tertiary/aromatic N) is 1. The number of anilines is 1. The summed E-state index contributed by atoms with van der Waals surface area (Å²) in [5.41, 5.74) is 6.05. The Kier molecular flexibility index (Phi) is 6.11. The normalized spacial score (nSPS) is 11.7. The number of carbonyl (C=O) groups is 1. The van der Waals surface area contributed by atoms with Gasteiger partial charge in [-0.2, -0.15) is 5.10 Å². The minimum atomic E-state index is -3.72. The van der Waals surface area contributed by atoms with E-state index >= 15 is 0 Å². The lowest BCUT2D eigenvalue weighted by Gasteiger charge is -2.09. The number of halogens is 1. The predicted molar refractivity (Wildman–Crippen MR) is 129 cm³/mol. The van der Waals surface area contributed by atoms with Crippen LogP contribution in [0.3, 0.4) is 0 Å². The van der Waals surface area contributed by atoms with Gasteiger partial charge in [-0.15, -0.1) is 0 Å². The van der Waals surface area contributed by atoms with E-state index in [9.17, 15) is 13.2 Å². The van der Waals surface area contributed by atoms with Crippen molar-refractivity contribution in [1.82, 2.24) is 10.4 Å². The molecule has 1 amide bonds. The number of rotatable bonds is 6. The zero-order valence-electron chi connectivity index (χ0n) is 17.0. The van der Waals surface area contributed by atoms with Crippen LogP contribution < -0.4 is 10.1 Å². The van der Waals surface area contributed by atoms with Gasteiger partial charge in [-0.25, -0.2) is 13.8 Å². The van der Waals surface area contributed by atoms with Gasteiger partial charge in [-0.05, 0) is 61.5 Å². The van der Waals surface area contributed by atoms with Gasteiger partial charge < -0.3 is 4.98 Å². The van der Waals surface area contributed by atoms with Crippen molar-refractivity contribution in [2.45, 2.75) is 11.8 Å². The van der Waals surface area contributed by atoms with Crippen molar-refractivity contribution < 1.29 is 13.2 Å². The van der Waals surface area contributed by atoms with Gasteiger partial charge >= 0.3 is 0 Å². The largest absolute Gasteiger partial charge is 0.358 e. The molecule has 1 aromatic heterocycles. The van der Waals surface area contributed by atoms with E-state index in [4.69, 9.17) is 0 Å². The summed E-state index contributed by atoms with van der Waals surface area (Å²) in [5, 5.41) is 5.09. The van der Waals surface area contributed by atoms with Crippen molar-refractivity contribution >= 4 is 54.7 Å². The maximum Gasteiger partial charge on any atom is 0.271 e. The first-order valence-corrected chi connectivity index (χ1v) is 11.9. The van der Waals surface area contributed by atoms with E-state index in [2.05, 4.69) is 36.2 Å². The molecule has 0 aliphatic carbocycles. The average molecular weight is 511 g/mol. The van der Waals surface area contributed by atoms with Crippen LogP contribution in [0.15, 0.2) is 87.3 Å². The summed E-state index contributed by atoms with van der Waals surface area (Å²) in [5.74, 6) is -0.402. The lowest BCUT2D eigenvalue weighted by molar-refractivity contribution is 0.0955. The van der Waals surface area contributed by atoms with Gasteiger partial charge in [0.25, 0.3) is 15.9 Å². The van der Waals surface area contributed by atoms with Crippen molar-refractivity contribution in [3.63, 3.8) is 0 Å². The lowest BCUT2D eigenvalue weighted by Crippen LogP contribution is -2.18. The van der Waals surface area contributed by atoms with Crippen LogP contribution in [0.1, 0.15) is 21.6 Å². The summed E-state index contributed by atoms with van der Waals surface area (Å²) >= 11 is 3.28. The third-order valence-electron chi connectivity index (χ3n) is 4.83. The molecule has 0 saturated heterocycles. The number of sulfonamides is 1. The Morgan fingerprint density at radius 3 is 2.41 bits per heavy atom. The standard InChI is InChI=1S/C23H19BrN4O3S/c1-15-21(20-4-2-3-5-22(20)26-15)14-25-27-23(29)16-6-10-18(11-7-16)28-32(30,31)19-12-8-17(24)9-13-19/h2-14,26,28H,1H3,(H,27,29)/b25-14+. The van der Waals surface area contributed by atoms with E-state index in [-0.39, 0.29) is 4.90 Å². The molecule has 4 aromatic rings. The van der Waals surface area contributed by atoms with Gasteiger partial charge in [-0.3, -0.25) is 9.52 Å². The van der Waals surface area contributed by atoms with Crippen LogP contribution in [0.25, 0.3) is 10.9 Å². The molecule has 32 heavy (non-hydrogen) atoms. The van der Waals surface area contributed by atoms with Crippen molar-refractivity contribution in [2.24, 2.45) is 5.10 Å². The summed E-state index contributed by atoms with van der Waals surface area (Å²) in [6, 6.07) is 20.3. The fourth-order valence-corrected chi connectivity index (χ4v) is 4.53. The van der Waals surface area contributed by atoms with E-state index in [1.165, 1.54) is 36.4 Å². The molecule has 0 unspecified atom stereocenters. The first kappa shape index (κ1) is 21.8. The molecule has 0 aliphatic rings. The Morgan fingerprint density at radius 2 is 1.69 bits per heavy atom. The zero-order chi connectivity index (χ0) is 22.7. The fourth-order valence-electron chi connectivity index (χ4n) is 3.20. The molecule has 4 rings (SSSR count). The number of para-hydroxylation sites is 1. The molecular formula is C23H19BrN4O3S. The number of hydrazone groups is 1. The SMILES string of the molecule is Cc1[nH]c2ccccc2c1/C=N/NC(=O)c1ccc(NS(=O)(=O)c2ccc(Br)cc2)cc1. The number of benzene rings is 3. The topological polar surface area (TPSA) is 103 Å². The Labute approximate surface area is 193 Å². The van der Waals surface area contributed by atoms with E-state index < -0.39 is 15.9 Å². The molecule has 0 radical (unpaired) electrons. The second-order valence-electron chi connectivity index (χ2n) is 7.05. The summed E-state index contributed by atoms with van der Waals surface area (Å²) in [4.78, 5) is 15.8. The smallest absolute Gasteiger partial charge is 0.271 e. The minimum absolute atomic E-state index is 0.143. The number of hydrogen-bond acceptors (Lipinski definition) is 4. The molecule has 0 spiro atoms. The van der Waals surface area contributed by atoms with E-state index in [0.29, 0.717) is 11.3 Å². The molecular weight excluding hydrogens is 492 g/mol. The molecule has 0 atom stereocenters. The first-order chi connectivity index (χ1) is 15.3. The Hall–Kier alpha value is -3.43. The van der Waals surface area contributed by atoms with Crippen LogP contribution >= 0.6 is 15.9 Å². The summed E-state index contributed by atoms with van der Waals surface area (Å²) < 4.78 is 28.2. The number of carbonyl (C=O) groups excluding carboxylic acids is 1. The molecule has 0 fully saturated rings. The molecule has 162 valence electrons. The third-order valence-corrected chi connectivity index (χ3v) is 6.75. The van der Waals surface area contributed by atoms with Crippen LogP contribution in [0.5, 0.6) is 0 Å². The maximum absolute atomic E-state index is 12.5. The summed E-state index contributed by atoms with van der Waals surface area (Å²) in [6.45, 7) is 1.94. The number of nitrogens with one attached hydrogen (secondary N) is 3. The molecule has 1 heterocycles. The Morgan fingerprint density at radius 1 is 1.00 bits per heavy atom. The second-order valence-corrected chi connectivity index (χ2v) is 9.64. The molecule has 0 saturated carbocycles. The van der Waals surface area contributed by atoms with E-state index in [1.807, 2.05) is 31.2 Å². The van der Waals surface area contributed by atoms with E-state index in [0.717, 1.165) is 26.6 Å². The number of aryl methyl sites for hydroxylation is 1. The van der Waals surface area contributed by atoms with Crippen LogP contribution in [0.2, 0.25) is 0 Å². The minimum Gasteiger partial charge on any atom is -0.358 e. The van der Waals surface area contributed by atoms with Crippen molar-refractivity contribution in [2.75, 3.05) is 4.72 Å². The molecule has 0 aliphatic heterocycles. The fraction of sp³-hybridized carbons (Fsp3) is 0.0435. The molecule has 0 bridgehead atoms. The number of H-pyrrole nitrogens is 1. The number of aromatic amines is 1. The highest BCUT2D eigenvalue weighted by Crippen LogP contribution is 2.20. The van der Waals surface area contributed by atoms with Crippen LogP contribution in [0.4, 0.5) is 5.69 Å². The number of fused-ring (bicyclic) bond motifs is 1. The number of aromatic nitrogens is 1. The van der Waals surface area contributed by atoms with Gasteiger partial charge in [-0.1, -0.05) is 34.1 Å². The van der Waals surface area contributed by atoms with Gasteiger partial charge in [0.1, 0.15) is 0 Å². The second kappa shape index (κ2) is 8.97. The third kappa shape index (κ3) is 4.74. The summed E-state index contributed by atoms with van der Waals surface area (Å²) in [6.07, 6.45) is 1.60. The Balaban J connectivity index is 1.42. The predicted octanol–water partition coefficient (Wildman–Crippen LogP) is 4.80. The van der Waals surface area contributed by atoms with Gasteiger partial charge in [0.2, 0.25) is 0 Å². The van der Waals surface area contributed by atoms with Crippen molar-refractivity contribution in [1.29, 1.82) is 0 Å². The Bertz CT molecular complexity index is 1410. The highest BCUT2D eigenvalue weighted by atomic mass is 79.9. The highest BCUT2D eigenvalue weighted by Gasteiger charge is 2.14. The monoisotopic (exact) mass is 510 g/mol. The van der Waals surface area contributed by atoms with Crippen LogP contribution in [0, 0.1) is 6.92 Å². The molecule has 9 heteroatoms. The zero-order valence-corrected chi connectivity index (χ0v) is 19.4. The maximum atomic E-state index is 12.5. The molecule has 3 aromatic carbocycles.